The molecule has 0 saturated heterocycles. The Morgan fingerprint density at radius 3 is 1.67 bits per heavy atom. The number of allylic oxidation sites excluding steroid dienone is 2. The molecule has 0 N–H and O–H groups in total. The molecule has 0 aliphatic carbocycles. The van der Waals surface area contributed by atoms with Crippen LogP contribution in [0.3, 0.4) is 0 Å². The molecule has 1 aliphatic rings. The van der Waals surface area contributed by atoms with Crippen molar-refractivity contribution in [2.75, 3.05) is 0 Å². The van der Waals surface area contributed by atoms with Crippen LogP contribution in [0.2, 0.25) is 0 Å². The summed E-state index contributed by atoms with van der Waals surface area (Å²) >= 11 is 0. The van der Waals surface area contributed by atoms with Crippen molar-refractivity contribution in [1.82, 2.24) is 0 Å². The van der Waals surface area contributed by atoms with Gasteiger partial charge in [-0.2, -0.15) is 0 Å². The van der Waals surface area contributed by atoms with Crippen molar-refractivity contribution in [2.24, 2.45) is 0 Å². The first-order valence-electron chi connectivity index (χ1n) is 1.82. The van der Waals surface area contributed by atoms with Gasteiger partial charge in [0.25, 0.3) is 0 Å². The minimum Gasteiger partial charge on any atom is -0.0969 e. The van der Waals surface area contributed by atoms with E-state index < -0.39 is 0 Å². The summed E-state index contributed by atoms with van der Waals surface area (Å²) in [6.45, 7) is 0. The van der Waals surface area contributed by atoms with Gasteiger partial charge in [0, 0.05) is 21.7 Å². The van der Waals surface area contributed by atoms with Gasteiger partial charge in [0.2, 0.25) is 0 Å². The largest absolute Gasteiger partial charge is 0.0969 e. The molecule has 1 rings (SSSR count). The minimum atomic E-state index is 0. The molecule has 1 heterocycles. The predicted octanol–water partition coefficient (Wildman–Crippen LogP) is 0.194. The monoisotopic (exact) mass is 130 g/mol. The molecule has 0 fully saturated rings. The van der Waals surface area contributed by atoms with Gasteiger partial charge in [-0.25, -0.2) is 0 Å². The Morgan fingerprint density at radius 1 is 1.00 bits per heavy atom. The van der Waals surface area contributed by atoms with E-state index in [4.69, 9.17) is 0 Å². The van der Waals surface area contributed by atoms with Crippen LogP contribution in [0.15, 0.2) is 23.6 Å². The molecular formula is C4H6SiTi. The van der Waals surface area contributed by atoms with E-state index in [2.05, 4.69) is 23.6 Å². The van der Waals surface area contributed by atoms with Gasteiger partial charge in [-0.3, -0.25) is 0 Å². The maximum absolute atomic E-state index is 2.26. The molecule has 0 atom stereocenters. The van der Waals surface area contributed by atoms with Gasteiger partial charge in [-0.15, -0.1) is 0 Å². The average molecular weight is 130 g/mol. The third kappa shape index (κ3) is 1.75. The van der Waals surface area contributed by atoms with Crippen LogP contribution in [0.1, 0.15) is 0 Å². The predicted molar refractivity (Wildman–Crippen MR) is 26.8 cm³/mol. The standard InChI is InChI=1S/C4H6Si.Ti/c1-2-4-5-3-1;/h1-4H,5H2;. The van der Waals surface area contributed by atoms with E-state index in [-0.39, 0.29) is 31.2 Å². The summed E-state index contributed by atoms with van der Waals surface area (Å²) in [5.74, 6) is 0. The van der Waals surface area contributed by atoms with E-state index in [0.717, 1.165) is 0 Å². The first kappa shape index (κ1) is 6.41. The molecule has 0 radical (unpaired) electrons. The zero-order chi connectivity index (χ0) is 3.54. The SMILES string of the molecule is C1=C[SiH2]C=C1.[Ti]. The van der Waals surface area contributed by atoms with Crippen molar-refractivity contribution in [3.05, 3.63) is 23.6 Å². The molecule has 1 aliphatic heterocycles. The van der Waals surface area contributed by atoms with Crippen molar-refractivity contribution in [3.8, 4) is 0 Å². The van der Waals surface area contributed by atoms with Crippen LogP contribution in [0.4, 0.5) is 0 Å². The first-order valence-corrected chi connectivity index (χ1v) is 3.45. The summed E-state index contributed by atoms with van der Waals surface area (Å²) in [7, 11) is 0.182. The summed E-state index contributed by atoms with van der Waals surface area (Å²) in [6, 6.07) is 0. The van der Waals surface area contributed by atoms with E-state index in [0.29, 0.717) is 0 Å². The molecular weight excluding hydrogens is 124 g/mol. The third-order valence-electron chi connectivity index (χ3n) is 0.655. The van der Waals surface area contributed by atoms with Gasteiger partial charge in [-0.05, 0) is 0 Å². The van der Waals surface area contributed by atoms with Crippen molar-refractivity contribution < 1.29 is 21.7 Å². The van der Waals surface area contributed by atoms with Crippen molar-refractivity contribution in [3.63, 3.8) is 0 Å². The van der Waals surface area contributed by atoms with Crippen LogP contribution in [0.5, 0.6) is 0 Å². The first-order chi connectivity index (χ1) is 2.50. The Bertz CT molecular complexity index is 65.6. The fourth-order valence-corrected chi connectivity index (χ4v) is 1.18. The third-order valence-corrected chi connectivity index (χ3v) is 1.74. The van der Waals surface area contributed by atoms with E-state index in [1.54, 1.807) is 0 Å². The van der Waals surface area contributed by atoms with Gasteiger partial charge < -0.3 is 0 Å². The summed E-state index contributed by atoms with van der Waals surface area (Å²) in [5, 5.41) is 0. The van der Waals surface area contributed by atoms with Gasteiger partial charge in [0.05, 0.1) is 9.52 Å². The quantitative estimate of drug-likeness (QED) is 0.411. The van der Waals surface area contributed by atoms with E-state index in [9.17, 15) is 0 Å². The summed E-state index contributed by atoms with van der Waals surface area (Å²) in [6.07, 6.45) is 4.23. The average Bonchev–Trinajstić information content (AvgIpc) is 1.76. The molecule has 0 spiro atoms. The van der Waals surface area contributed by atoms with Gasteiger partial charge in [0.1, 0.15) is 0 Å². The molecule has 0 amide bonds. The number of hydrogen-bond donors (Lipinski definition) is 0. The van der Waals surface area contributed by atoms with Crippen LogP contribution < -0.4 is 0 Å². The van der Waals surface area contributed by atoms with Crippen molar-refractivity contribution in [1.29, 1.82) is 0 Å². The molecule has 0 bridgehead atoms. The molecule has 0 unspecified atom stereocenters. The summed E-state index contributed by atoms with van der Waals surface area (Å²) in [4.78, 5) is 0. The van der Waals surface area contributed by atoms with Crippen molar-refractivity contribution in [2.45, 2.75) is 0 Å². The van der Waals surface area contributed by atoms with E-state index in [1.165, 1.54) is 0 Å². The number of hydrogen-bond acceptors (Lipinski definition) is 0. The van der Waals surface area contributed by atoms with Crippen LogP contribution >= 0.6 is 0 Å². The van der Waals surface area contributed by atoms with Crippen molar-refractivity contribution >= 4 is 9.52 Å². The fourth-order valence-electron chi connectivity index (χ4n) is 0.393. The molecule has 0 aromatic heterocycles. The van der Waals surface area contributed by atoms with Gasteiger partial charge in [0.15, 0.2) is 0 Å². The topological polar surface area (TPSA) is 0 Å². The second kappa shape index (κ2) is 3.60. The minimum absolute atomic E-state index is 0. The molecule has 30 valence electrons. The second-order valence-electron chi connectivity index (χ2n) is 1.09. The smallest absolute Gasteiger partial charge is 0.0691 e. The Hall–Kier alpha value is 0.411. The Kier molecular flexibility index (Phi) is 3.84. The molecule has 6 heavy (non-hydrogen) atoms. The van der Waals surface area contributed by atoms with E-state index in [1.807, 2.05) is 0 Å². The number of rotatable bonds is 0. The second-order valence-corrected chi connectivity index (χ2v) is 2.51. The molecule has 0 aromatic rings. The Labute approximate surface area is 55.0 Å². The van der Waals surface area contributed by atoms with Crippen LogP contribution in [-0.4, -0.2) is 9.52 Å². The van der Waals surface area contributed by atoms with Gasteiger partial charge >= 0.3 is 0 Å². The van der Waals surface area contributed by atoms with Crippen LogP contribution in [-0.2, 0) is 21.7 Å². The fraction of sp³-hybridized carbons (Fsp3) is 0. The summed E-state index contributed by atoms with van der Waals surface area (Å²) < 4.78 is 0. The van der Waals surface area contributed by atoms with Crippen LogP contribution in [0.25, 0.3) is 0 Å². The zero-order valence-electron chi connectivity index (χ0n) is 3.52. The zero-order valence-corrected chi connectivity index (χ0v) is 6.49. The summed E-state index contributed by atoms with van der Waals surface area (Å²) in [5.41, 5.74) is 4.53. The molecule has 0 saturated carbocycles. The van der Waals surface area contributed by atoms with Crippen LogP contribution in [0, 0.1) is 0 Å². The molecule has 0 aromatic carbocycles. The van der Waals surface area contributed by atoms with E-state index >= 15 is 0 Å². The maximum atomic E-state index is 2.26. The Balaban J connectivity index is 0.000000250. The normalized spacial score (nSPS) is 14.7. The molecule has 2 heteroatoms. The molecule has 0 nitrogen and oxygen atoms in total. The van der Waals surface area contributed by atoms with Gasteiger partial charge in [-0.1, -0.05) is 23.6 Å². The Morgan fingerprint density at radius 2 is 1.50 bits per heavy atom. The maximum Gasteiger partial charge on any atom is 0.0691 e.